The normalized spacial score (nSPS) is 14.2. The fourth-order valence-electron chi connectivity index (χ4n) is 3.57. The van der Waals surface area contributed by atoms with Crippen LogP contribution in [0.1, 0.15) is 83.5 Å². The Morgan fingerprint density at radius 3 is 1.69 bits per heavy atom. The van der Waals surface area contributed by atoms with Gasteiger partial charge in [-0.15, -0.1) is 0 Å². The lowest BCUT2D eigenvalue weighted by molar-refractivity contribution is -0.875. The molecule has 0 aliphatic carbocycles. The highest BCUT2D eigenvalue weighted by atomic mass is 16.4. The summed E-state index contributed by atoms with van der Waals surface area (Å²) in [6.07, 6.45) is 16.2. The molecule has 0 amide bonds. The number of aliphatic hydroxyl groups is 2. The molecule has 0 spiro atoms. The summed E-state index contributed by atoms with van der Waals surface area (Å²) in [5, 5.41) is 28.3. The number of carboxylic acids is 1. The van der Waals surface area contributed by atoms with Gasteiger partial charge in [0.2, 0.25) is 0 Å². The van der Waals surface area contributed by atoms with E-state index in [0.717, 1.165) is 32.1 Å². The van der Waals surface area contributed by atoms with Crippen LogP contribution in [0.2, 0.25) is 0 Å². The van der Waals surface area contributed by atoms with Crippen molar-refractivity contribution in [2.75, 3.05) is 34.3 Å². The van der Waals surface area contributed by atoms with Crippen LogP contribution in [-0.2, 0) is 9.59 Å². The van der Waals surface area contributed by atoms with Gasteiger partial charge in [0, 0.05) is 6.61 Å². The number of carbonyl (C=O) groups excluding carboxylic acids is 1. The van der Waals surface area contributed by atoms with Crippen molar-refractivity contribution in [3.8, 4) is 0 Å². The zero-order valence-electron chi connectivity index (χ0n) is 18.9. The van der Waals surface area contributed by atoms with Crippen LogP contribution in [0.5, 0.6) is 0 Å². The van der Waals surface area contributed by atoms with Crippen molar-refractivity contribution < 1.29 is 29.4 Å². The van der Waals surface area contributed by atoms with Crippen LogP contribution >= 0.6 is 0 Å². The van der Waals surface area contributed by atoms with Gasteiger partial charge in [-0.2, -0.15) is 0 Å². The molecule has 0 saturated heterocycles. The van der Waals surface area contributed by atoms with Crippen molar-refractivity contribution in [2.24, 2.45) is 0 Å². The average molecular weight is 415 g/mol. The first-order chi connectivity index (χ1) is 13.6. The van der Waals surface area contributed by atoms with E-state index in [-0.39, 0.29) is 6.54 Å². The molecule has 29 heavy (non-hydrogen) atoms. The third kappa shape index (κ3) is 16.3. The Balaban J connectivity index is 3.94. The number of carboxylic acid groups (broad SMARTS) is 1. The Bertz CT molecular complexity index is 484. The largest absolute Gasteiger partial charge is 0.481 e. The summed E-state index contributed by atoms with van der Waals surface area (Å²) in [5.74, 6) is -1.69. The number of aliphatic hydroxyl groups excluding tert-OH is 1. The lowest BCUT2D eigenvalue weighted by Gasteiger charge is -2.33. The molecule has 0 aromatic carbocycles. The zero-order chi connectivity index (χ0) is 22.2. The molecule has 0 rings (SSSR count). The van der Waals surface area contributed by atoms with Gasteiger partial charge in [-0.25, -0.2) is 0 Å². The molecule has 170 valence electrons. The molecular formula is C23H44NO5+. The van der Waals surface area contributed by atoms with Crippen LogP contribution in [0.15, 0.2) is 12.2 Å². The highest BCUT2D eigenvalue weighted by Crippen LogP contribution is 2.17. The van der Waals surface area contributed by atoms with Crippen LogP contribution in [0.25, 0.3) is 0 Å². The average Bonchev–Trinajstić information content (AvgIpc) is 2.59. The van der Waals surface area contributed by atoms with Crippen LogP contribution in [0.4, 0.5) is 0 Å². The molecule has 1 atom stereocenters. The summed E-state index contributed by atoms with van der Waals surface area (Å²) in [6.45, 7) is 0.368. The minimum Gasteiger partial charge on any atom is -0.481 e. The van der Waals surface area contributed by atoms with E-state index in [1.54, 1.807) is 6.08 Å². The second-order valence-electron chi connectivity index (χ2n) is 9.22. The number of likely N-dealkylation sites (N-methyl/N-ethyl adjacent to an activating group) is 1. The third-order valence-corrected chi connectivity index (χ3v) is 4.94. The minimum atomic E-state index is -1.86. The van der Waals surface area contributed by atoms with Gasteiger partial charge in [-0.05, 0) is 25.3 Å². The smallest absolute Gasteiger partial charge is 0.307 e. The number of aliphatic carboxylic acids is 1. The molecular weight excluding hydrogens is 370 g/mol. The quantitative estimate of drug-likeness (QED) is 0.170. The van der Waals surface area contributed by atoms with Crippen molar-refractivity contribution in [3.05, 3.63) is 12.2 Å². The van der Waals surface area contributed by atoms with Gasteiger partial charge in [0.1, 0.15) is 6.54 Å². The van der Waals surface area contributed by atoms with Gasteiger partial charge in [-0.3, -0.25) is 9.59 Å². The van der Waals surface area contributed by atoms with Crippen LogP contribution in [0, 0.1) is 0 Å². The van der Waals surface area contributed by atoms with E-state index < -0.39 is 23.8 Å². The molecule has 0 bridgehead atoms. The fourth-order valence-corrected chi connectivity index (χ4v) is 3.57. The molecule has 0 radical (unpaired) electrons. The summed E-state index contributed by atoms with van der Waals surface area (Å²) in [4.78, 5) is 23.4. The first-order valence-electron chi connectivity index (χ1n) is 11.2. The second kappa shape index (κ2) is 15.6. The Hall–Kier alpha value is -1.24. The van der Waals surface area contributed by atoms with Gasteiger partial charge in [-0.1, -0.05) is 63.9 Å². The molecule has 0 fully saturated rings. The van der Waals surface area contributed by atoms with E-state index in [9.17, 15) is 14.7 Å². The maximum Gasteiger partial charge on any atom is 0.307 e. The standard InChI is InChI=1S/C23H43NO5/c1-24(2,3)20-23(29,19-22(27)28)21(26)17-15-13-11-9-7-5-4-6-8-10-12-14-16-18-25/h15,17,25,29H,4-14,16,18-20H2,1-3H3/p+1/b17-15+. The summed E-state index contributed by atoms with van der Waals surface area (Å²) in [5.41, 5.74) is -1.86. The lowest BCUT2D eigenvalue weighted by atomic mass is 9.92. The lowest BCUT2D eigenvalue weighted by Crippen LogP contribution is -2.54. The summed E-state index contributed by atoms with van der Waals surface area (Å²) < 4.78 is 0.312. The Kier molecular flexibility index (Phi) is 14.9. The van der Waals surface area contributed by atoms with E-state index >= 15 is 0 Å². The SMILES string of the molecule is C[N+](C)(C)CC(O)(CC(=O)O)C(=O)/C=C/CCCCCCCCCCCCCO. The monoisotopic (exact) mass is 414 g/mol. The summed E-state index contributed by atoms with van der Waals surface area (Å²) in [7, 11) is 5.46. The van der Waals surface area contributed by atoms with Crippen LogP contribution < -0.4 is 0 Å². The van der Waals surface area contributed by atoms with Gasteiger partial charge in [0.25, 0.3) is 0 Å². The van der Waals surface area contributed by atoms with Gasteiger partial charge in [0.05, 0.1) is 27.6 Å². The molecule has 6 heteroatoms. The number of rotatable bonds is 19. The Morgan fingerprint density at radius 2 is 1.28 bits per heavy atom. The number of allylic oxidation sites excluding steroid dienone is 1. The summed E-state index contributed by atoms with van der Waals surface area (Å²) >= 11 is 0. The topological polar surface area (TPSA) is 94.8 Å². The maximum absolute atomic E-state index is 12.4. The van der Waals surface area contributed by atoms with Crippen molar-refractivity contribution >= 4 is 11.8 Å². The number of nitrogens with zero attached hydrogens (tertiary/aromatic N) is 1. The first-order valence-corrected chi connectivity index (χ1v) is 11.2. The first kappa shape index (κ1) is 27.8. The van der Waals surface area contributed by atoms with E-state index in [4.69, 9.17) is 10.2 Å². The van der Waals surface area contributed by atoms with E-state index in [1.165, 1.54) is 51.0 Å². The Morgan fingerprint density at radius 1 is 0.828 bits per heavy atom. The number of ketones is 1. The van der Waals surface area contributed by atoms with Crippen LogP contribution in [-0.4, -0.2) is 71.5 Å². The molecule has 0 saturated carbocycles. The predicted molar refractivity (Wildman–Crippen MR) is 117 cm³/mol. The van der Waals surface area contributed by atoms with Crippen molar-refractivity contribution in [3.63, 3.8) is 0 Å². The van der Waals surface area contributed by atoms with E-state index in [1.807, 2.05) is 21.1 Å². The summed E-state index contributed by atoms with van der Waals surface area (Å²) in [6, 6.07) is 0. The second-order valence-corrected chi connectivity index (χ2v) is 9.22. The molecule has 1 unspecified atom stereocenters. The molecule has 0 heterocycles. The molecule has 3 N–H and O–H groups in total. The van der Waals surface area contributed by atoms with Crippen molar-refractivity contribution in [1.29, 1.82) is 0 Å². The van der Waals surface area contributed by atoms with E-state index in [0.29, 0.717) is 11.1 Å². The van der Waals surface area contributed by atoms with E-state index in [2.05, 4.69) is 0 Å². The fraction of sp³-hybridized carbons (Fsp3) is 0.826. The number of hydrogen-bond acceptors (Lipinski definition) is 4. The molecule has 0 aromatic rings. The molecule has 0 aliphatic heterocycles. The number of quaternary nitrogens is 1. The predicted octanol–water partition coefficient (Wildman–Crippen LogP) is 3.70. The van der Waals surface area contributed by atoms with Crippen LogP contribution in [0.3, 0.4) is 0 Å². The van der Waals surface area contributed by atoms with Crippen molar-refractivity contribution in [1.82, 2.24) is 0 Å². The highest BCUT2D eigenvalue weighted by molar-refractivity contribution is 5.99. The molecule has 6 nitrogen and oxygen atoms in total. The maximum atomic E-state index is 12.4. The minimum absolute atomic E-state index is 0.0594. The molecule has 0 aromatic heterocycles. The Labute approximate surface area is 177 Å². The van der Waals surface area contributed by atoms with Gasteiger partial charge in [0.15, 0.2) is 11.4 Å². The molecule has 0 aliphatic rings. The number of unbranched alkanes of at least 4 members (excludes halogenated alkanes) is 11. The van der Waals surface area contributed by atoms with Crippen molar-refractivity contribution in [2.45, 2.75) is 89.1 Å². The third-order valence-electron chi connectivity index (χ3n) is 4.94. The number of carbonyl (C=O) groups is 2. The van der Waals surface area contributed by atoms with Gasteiger partial charge >= 0.3 is 5.97 Å². The van der Waals surface area contributed by atoms with Gasteiger partial charge < -0.3 is 19.8 Å². The number of hydrogen-bond donors (Lipinski definition) is 3. The zero-order valence-corrected chi connectivity index (χ0v) is 18.9. The highest BCUT2D eigenvalue weighted by Gasteiger charge is 2.41.